The third kappa shape index (κ3) is 4.80. The lowest BCUT2D eigenvalue weighted by Crippen LogP contribution is -2.26. The minimum absolute atomic E-state index is 0.116. The molecule has 0 fully saturated rings. The van der Waals surface area contributed by atoms with Crippen LogP contribution in [0.15, 0.2) is 53.4 Å². The molecule has 1 N–H and O–H groups in total. The van der Waals surface area contributed by atoms with Gasteiger partial charge in [-0.2, -0.15) is 5.26 Å². The molecule has 2 aromatic carbocycles. The van der Waals surface area contributed by atoms with Crippen LogP contribution in [0.4, 0.5) is 0 Å². The molecule has 22 heavy (non-hydrogen) atoms. The molecule has 112 valence electrons. The van der Waals surface area contributed by atoms with Gasteiger partial charge in [0.1, 0.15) is 0 Å². The van der Waals surface area contributed by atoms with Crippen molar-refractivity contribution in [1.29, 1.82) is 5.26 Å². The van der Waals surface area contributed by atoms with Crippen molar-refractivity contribution >= 4 is 29.3 Å². The largest absolute Gasteiger partial charge is 0.352 e. The van der Waals surface area contributed by atoms with Gasteiger partial charge in [-0.3, -0.25) is 4.79 Å². The van der Waals surface area contributed by atoms with Crippen molar-refractivity contribution in [2.75, 3.05) is 12.3 Å². The number of halogens is 1. The van der Waals surface area contributed by atoms with Crippen molar-refractivity contribution in [3.8, 4) is 6.07 Å². The average Bonchev–Trinajstić information content (AvgIpc) is 2.55. The highest BCUT2D eigenvalue weighted by atomic mass is 35.5. The highest BCUT2D eigenvalue weighted by Gasteiger charge is 2.10. The maximum atomic E-state index is 12.2. The zero-order valence-corrected chi connectivity index (χ0v) is 13.5. The number of amides is 1. The van der Waals surface area contributed by atoms with Crippen LogP contribution in [0.5, 0.6) is 0 Å². The number of hydrogen-bond acceptors (Lipinski definition) is 3. The monoisotopic (exact) mass is 330 g/mol. The summed E-state index contributed by atoms with van der Waals surface area (Å²) >= 11 is 7.21. The number of nitrogens with zero attached hydrogens (tertiary/aromatic N) is 1. The summed E-state index contributed by atoms with van der Waals surface area (Å²) in [4.78, 5) is 13.1. The molecular weight excluding hydrogens is 316 g/mol. The van der Waals surface area contributed by atoms with Crippen LogP contribution < -0.4 is 5.32 Å². The Kier molecular flexibility index (Phi) is 6.32. The Morgan fingerprint density at radius 3 is 2.64 bits per heavy atom. The first-order valence-electron chi connectivity index (χ1n) is 6.82. The Morgan fingerprint density at radius 2 is 1.91 bits per heavy atom. The van der Waals surface area contributed by atoms with E-state index in [4.69, 9.17) is 16.9 Å². The van der Waals surface area contributed by atoms with Crippen LogP contribution in [-0.2, 0) is 6.42 Å². The highest BCUT2D eigenvalue weighted by Crippen LogP contribution is 2.22. The third-order valence-corrected chi connectivity index (χ3v) is 4.23. The number of nitriles is 1. The smallest absolute Gasteiger partial charge is 0.252 e. The van der Waals surface area contributed by atoms with Crippen LogP contribution in [0.3, 0.4) is 0 Å². The predicted molar refractivity (Wildman–Crippen MR) is 90.3 cm³/mol. The Morgan fingerprint density at radius 1 is 1.18 bits per heavy atom. The first-order chi connectivity index (χ1) is 10.7. The van der Waals surface area contributed by atoms with E-state index < -0.39 is 0 Å². The second-order valence-electron chi connectivity index (χ2n) is 4.58. The van der Waals surface area contributed by atoms with Gasteiger partial charge in [0, 0.05) is 16.5 Å². The van der Waals surface area contributed by atoms with Crippen molar-refractivity contribution in [2.45, 2.75) is 11.3 Å². The van der Waals surface area contributed by atoms with E-state index in [2.05, 4.69) is 11.4 Å². The molecule has 0 aliphatic heterocycles. The van der Waals surface area contributed by atoms with Gasteiger partial charge >= 0.3 is 0 Å². The molecule has 0 heterocycles. The van der Waals surface area contributed by atoms with Crippen LogP contribution >= 0.6 is 23.4 Å². The van der Waals surface area contributed by atoms with Crippen LogP contribution in [0.25, 0.3) is 0 Å². The van der Waals surface area contributed by atoms with Gasteiger partial charge in [-0.1, -0.05) is 35.9 Å². The van der Waals surface area contributed by atoms with E-state index in [1.165, 1.54) is 11.8 Å². The summed E-state index contributed by atoms with van der Waals surface area (Å²) in [6.07, 6.45) is 0.746. The Bertz CT molecular complexity index is 680. The number of rotatable bonds is 6. The van der Waals surface area contributed by atoms with E-state index in [0.717, 1.165) is 16.9 Å². The Hall–Kier alpha value is -1.96. The summed E-state index contributed by atoms with van der Waals surface area (Å²) in [5, 5.41) is 12.3. The summed E-state index contributed by atoms with van der Waals surface area (Å²) in [7, 11) is 0. The number of carbonyl (C=O) groups excluding carboxylic acids is 1. The van der Waals surface area contributed by atoms with Gasteiger partial charge in [0.25, 0.3) is 5.91 Å². The number of nitrogens with one attached hydrogen (secondary N) is 1. The normalized spacial score (nSPS) is 10.0. The molecule has 0 bridgehead atoms. The fourth-order valence-corrected chi connectivity index (χ4v) is 2.79. The maximum absolute atomic E-state index is 12.2. The zero-order chi connectivity index (χ0) is 15.8. The van der Waals surface area contributed by atoms with Crippen molar-refractivity contribution in [1.82, 2.24) is 5.32 Å². The Balaban J connectivity index is 1.92. The molecular formula is C17H15ClN2OS. The fraction of sp³-hybridized carbons (Fsp3) is 0.176. The van der Waals surface area contributed by atoms with Crippen LogP contribution in [0.2, 0.25) is 5.02 Å². The lowest BCUT2D eigenvalue weighted by molar-refractivity contribution is 0.0951. The fourth-order valence-electron chi connectivity index (χ4n) is 1.96. The van der Waals surface area contributed by atoms with Crippen LogP contribution in [0.1, 0.15) is 15.9 Å². The van der Waals surface area contributed by atoms with E-state index in [-0.39, 0.29) is 5.91 Å². The molecule has 2 aromatic rings. The van der Waals surface area contributed by atoms with Gasteiger partial charge in [-0.05, 0) is 36.2 Å². The number of carbonyl (C=O) groups is 1. The van der Waals surface area contributed by atoms with E-state index in [9.17, 15) is 4.79 Å². The molecule has 2 rings (SSSR count). The van der Waals surface area contributed by atoms with Crippen LogP contribution in [-0.4, -0.2) is 18.2 Å². The van der Waals surface area contributed by atoms with Crippen molar-refractivity contribution in [3.05, 3.63) is 64.7 Å². The van der Waals surface area contributed by atoms with Crippen LogP contribution in [0, 0.1) is 11.3 Å². The SMILES string of the molecule is N#CCSc1ccccc1C(=O)NCCc1ccc(Cl)cc1. The van der Waals surface area contributed by atoms with E-state index in [0.29, 0.717) is 22.9 Å². The molecule has 0 saturated carbocycles. The molecule has 0 spiro atoms. The lowest BCUT2D eigenvalue weighted by Gasteiger charge is -2.09. The quantitative estimate of drug-likeness (QED) is 0.816. The molecule has 5 heteroatoms. The molecule has 0 unspecified atom stereocenters. The van der Waals surface area contributed by atoms with Gasteiger partial charge in [-0.25, -0.2) is 0 Å². The minimum Gasteiger partial charge on any atom is -0.352 e. The number of hydrogen-bond donors (Lipinski definition) is 1. The van der Waals surface area contributed by atoms with Gasteiger partial charge in [0.2, 0.25) is 0 Å². The van der Waals surface area contributed by atoms with Gasteiger partial charge < -0.3 is 5.32 Å². The molecule has 3 nitrogen and oxygen atoms in total. The number of benzene rings is 2. The van der Waals surface area contributed by atoms with Crippen molar-refractivity contribution in [3.63, 3.8) is 0 Å². The van der Waals surface area contributed by atoms with Crippen molar-refractivity contribution < 1.29 is 4.79 Å². The summed E-state index contributed by atoms with van der Waals surface area (Å²) in [5.41, 5.74) is 1.73. The lowest BCUT2D eigenvalue weighted by atomic mass is 10.1. The predicted octanol–water partition coefficient (Wildman–Crippen LogP) is 3.93. The molecule has 0 radical (unpaired) electrons. The molecule has 0 aliphatic carbocycles. The molecule has 1 amide bonds. The minimum atomic E-state index is -0.116. The van der Waals surface area contributed by atoms with Gasteiger partial charge in [0.15, 0.2) is 0 Å². The number of thioether (sulfide) groups is 1. The maximum Gasteiger partial charge on any atom is 0.252 e. The van der Waals surface area contributed by atoms with E-state index in [1.807, 2.05) is 42.5 Å². The second kappa shape index (κ2) is 8.47. The van der Waals surface area contributed by atoms with E-state index >= 15 is 0 Å². The third-order valence-electron chi connectivity index (χ3n) is 3.04. The van der Waals surface area contributed by atoms with Gasteiger partial charge in [-0.15, -0.1) is 11.8 Å². The molecule has 0 aliphatic rings. The first-order valence-corrected chi connectivity index (χ1v) is 8.18. The van der Waals surface area contributed by atoms with E-state index in [1.54, 1.807) is 6.07 Å². The standard InChI is InChI=1S/C17H15ClN2OS/c18-14-7-5-13(6-8-14)9-11-20-17(21)15-3-1-2-4-16(15)22-12-10-19/h1-8H,9,11-12H2,(H,20,21). The summed E-state index contributed by atoms with van der Waals surface area (Å²) < 4.78 is 0. The summed E-state index contributed by atoms with van der Waals surface area (Å²) in [6, 6.07) is 17.0. The second-order valence-corrected chi connectivity index (χ2v) is 6.03. The summed E-state index contributed by atoms with van der Waals surface area (Å²) in [6.45, 7) is 0.553. The van der Waals surface area contributed by atoms with Crippen molar-refractivity contribution in [2.24, 2.45) is 0 Å². The highest BCUT2D eigenvalue weighted by molar-refractivity contribution is 7.99. The summed E-state index contributed by atoms with van der Waals surface area (Å²) in [5.74, 6) is 0.213. The molecule has 0 aromatic heterocycles. The Labute approximate surface area is 139 Å². The molecule has 0 atom stereocenters. The first kappa shape index (κ1) is 16.4. The molecule has 0 saturated heterocycles. The average molecular weight is 331 g/mol. The zero-order valence-electron chi connectivity index (χ0n) is 11.9. The van der Waals surface area contributed by atoms with Gasteiger partial charge in [0.05, 0.1) is 17.4 Å². The topological polar surface area (TPSA) is 52.9 Å².